The van der Waals surface area contributed by atoms with E-state index in [4.69, 9.17) is 10.8 Å². The van der Waals surface area contributed by atoms with Crippen LogP contribution in [0.2, 0.25) is 0 Å². The Labute approximate surface area is 110 Å². The van der Waals surface area contributed by atoms with Crippen LogP contribution >= 0.6 is 0 Å². The van der Waals surface area contributed by atoms with Crippen molar-refractivity contribution in [2.75, 3.05) is 13.2 Å². The molecule has 0 unspecified atom stereocenters. The summed E-state index contributed by atoms with van der Waals surface area (Å²) >= 11 is 0. The molecule has 0 aliphatic carbocycles. The summed E-state index contributed by atoms with van der Waals surface area (Å²) in [5.74, 6) is 0. The first kappa shape index (κ1) is 13.5. The summed E-state index contributed by atoms with van der Waals surface area (Å²) in [6.45, 7) is 2.29. The molecule has 0 saturated carbocycles. The Kier molecular flexibility index (Phi) is 5.17. The number of aliphatic hydroxyl groups excluding tert-OH is 1. The van der Waals surface area contributed by atoms with Gasteiger partial charge in [-0.2, -0.15) is 0 Å². The maximum absolute atomic E-state index is 9.04. The summed E-state index contributed by atoms with van der Waals surface area (Å²) in [6.07, 6.45) is 4.38. The van der Waals surface area contributed by atoms with Crippen molar-refractivity contribution in [2.24, 2.45) is 5.73 Å². The van der Waals surface area contributed by atoms with Crippen LogP contribution in [-0.2, 0) is 6.54 Å². The SMILES string of the molecule is N[C@H](CCO)[C@@H]1CCCCN1Cc1ccccc1. The minimum atomic E-state index is 0.0963. The highest BCUT2D eigenvalue weighted by Gasteiger charge is 2.27. The lowest BCUT2D eigenvalue weighted by Crippen LogP contribution is -2.50. The quantitative estimate of drug-likeness (QED) is 0.834. The van der Waals surface area contributed by atoms with Crippen LogP contribution in [0.1, 0.15) is 31.2 Å². The molecule has 1 aliphatic heterocycles. The van der Waals surface area contributed by atoms with Crippen LogP contribution in [0.4, 0.5) is 0 Å². The van der Waals surface area contributed by atoms with Crippen LogP contribution < -0.4 is 5.73 Å². The van der Waals surface area contributed by atoms with Gasteiger partial charge in [-0.15, -0.1) is 0 Å². The van der Waals surface area contributed by atoms with E-state index >= 15 is 0 Å². The van der Waals surface area contributed by atoms with E-state index in [1.54, 1.807) is 0 Å². The molecule has 0 bridgehead atoms. The van der Waals surface area contributed by atoms with Crippen LogP contribution in [0.25, 0.3) is 0 Å². The fourth-order valence-corrected chi connectivity index (χ4v) is 2.86. The number of rotatable bonds is 5. The van der Waals surface area contributed by atoms with Gasteiger partial charge in [-0.25, -0.2) is 0 Å². The highest BCUT2D eigenvalue weighted by molar-refractivity contribution is 5.14. The van der Waals surface area contributed by atoms with Crippen LogP contribution in [0.3, 0.4) is 0 Å². The third-order valence-corrected chi connectivity index (χ3v) is 3.85. The Balaban J connectivity index is 1.99. The molecule has 2 rings (SSSR count). The third kappa shape index (κ3) is 3.55. The molecule has 0 aromatic heterocycles. The summed E-state index contributed by atoms with van der Waals surface area (Å²) in [6, 6.07) is 11.1. The molecular weight excluding hydrogens is 224 g/mol. The topological polar surface area (TPSA) is 49.5 Å². The number of likely N-dealkylation sites (tertiary alicyclic amines) is 1. The number of hydrogen-bond acceptors (Lipinski definition) is 3. The Hall–Kier alpha value is -0.900. The van der Waals surface area contributed by atoms with E-state index in [9.17, 15) is 0 Å². The fourth-order valence-electron chi connectivity index (χ4n) is 2.86. The molecule has 3 nitrogen and oxygen atoms in total. The van der Waals surface area contributed by atoms with Gasteiger partial charge in [0.05, 0.1) is 0 Å². The van der Waals surface area contributed by atoms with Crippen molar-refractivity contribution >= 4 is 0 Å². The van der Waals surface area contributed by atoms with Crippen molar-refractivity contribution in [3.05, 3.63) is 35.9 Å². The van der Waals surface area contributed by atoms with E-state index in [2.05, 4.69) is 35.2 Å². The predicted molar refractivity (Wildman–Crippen MR) is 74.2 cm³/mol. The molecule has 3 N–H and O–H groups in total. The molecule has 1 heterocycles. The number of piperidine rings is 1. The molecule has 0 amide bonds. The largest absolute Gasteiger partial charge is 0.396 e. The molecular formula is C15H24N2O. The summed E-state index contributed by atoms with van der Waals surface area (Å²) in [7, 11) is 0. The predicted octanol–water partition coefficient (Wildman–Crippen LogP) is 1.75. The van der Waals surface area contributed by atoms with Gasteiger partial charge in [-0.3, -0.25) is 4.90 Å². The van der Waals surface area contributed by atoms with Gasteiger partial charge >= 0.3 is 0 Å². The number of nitrogens with two attached hydrogens (primary N) is 1. The Bertz CT molecular complexity index is 342. The Morgan fingerprint density at radius 2 is 2.06 bits per heavy atom. The molecule has 0 radical (unpaired) electrons. The maximum Gasteiger partial charge on any atom is 0.0446 e. The zero-order chi connectivity index (χ0) is 12.8. The third-order valence-electron chi connectivity index (χ3n) is 3.85. The first-order chi connectivity index (χ1) is 8.81. The summed E-state index contributed by atoms with van der Waals surface area (Å²) in [4.78, 5) is 2.49. The first-order valence-electron chi connectivity index (χ1n) is 6.95. The van der Waals surface area contributed by atoms with Crippen LogP contribution in [0.15, 0.2) is 30.3 Å². The van der Waals surface area contributed by atoms with Gasteiger partial charge < -0.3 is 10.8 Å². The molecule has 1 aromatic carbocycles. The lowest BCUT2D eigenvalue weighted by atomic mass is 9.94. The van der Waals surface area contributed by atoms with Crippen molar-refractivity contribution < 1.29 is 5.11 Å². The molecule has 0 spiro atoms. The normalized spacial score (nSPS) is 22.9. The molecule has 100 valence electrons. The molecule has 2 atom stereocenters. The molecule has 1 aromatic rings. The second kappa shape index (κ2) is 6.88. The lowest BCUT2D eigenvalue weighted by Gasteiger charge is -2.39. The second-order valence-corrected chi connectivity index (χ2v) is 5.20. The summed E-state index contributed by atoms with van der Waals surface area (Å²) < 4.78 is 0. The van der Waals surface area contributed by atoms with Gasteiger partial charge in [0, 0.05) is 25.2 Å². The smallest absolute Gasteiger partial charge is 0.0446 e. The maximum atomic E-state index is 9.04. The van der Waals surface area contributed by atoms with Gasteiger partial charge in [0.15, 0.2) is 0 Å². The summed E-state index contributed by atoms with van der Waals surface area (Å²) in [5, 5.41) is 9.04. The van der Waals surface area contributed by atoms with Crippen molar-refractivity contribution in [2.45, 2.75) is 44.3 Å². The van der Waals surface area contributed by atoms with E-state index in [0.717, 1.165) is 19.5 Å². The molecule has 18 heavy (non-hydrogen) atoms. The molecule has 1 fully saturated rings. The molecule has 1 saturated heterocycles. The Morgan fingerprint density at radius 3 is 2.78 bits per heavy atom. The molecule has 3 heteroatoms. The average Bonchev–Trinajstić information content (AvgIpc) is 2.41. The van der Waals surface area contributed by atoms with Crippen molar-refractivity contribution in [1.29, 1.82) is 0 Å². The van der Waals surface area contributed by atoms with Gasteiger partial charge in [0.2, 0.25) is 0 Å². The van der Waals surface area contributed by atoms with Crippen molar-refractivity contribution in [1.82, 2.24) is 4.90 Å². The minimum Gasteiger partial charge on any atom is -0.396 e. The molecule has 1 aliphatic rings. The van der Waals surface area contributed by atoms with Gasteiger partial charge in [-0.05, 0) is 31.4 Å². The van der Waals surface area contributed by atoms with Crippen molar-refractivity contribution in [3.63, 3.8) is 0 Å². The second-order valence-electron chi connectivity index (χ2n) is 5.20. The van der Waals surface area contributed by atoms with Gasteiger partial charge in [0.25, 0.3) is 0 Å². The fraction of sp³-hybridized carbons (Fsp3) is 0.600. The standard InChI is InChI=1S/C15H24N2O/c16-14(9-11-18)15-8-4-5-10-17(15)12-13-6-2-1-3-7-13/h1-3,6-7,14-15,18H,4-5,8-12,16H2/t14-,15+/m1/s1. The van der Waals surface area contributed by atoms with E-state index < -0.39 is 0 Å². The van der Waals surface area contributed by atoms with E-state index in [0.29, 0.717) is 12.5 Å². The highest BCUT2D eigenvalue weighted by Crippen LogP contribution is 2.22. The number of nitrogens with zero attached hydrogens (tertiary/aromatic N) is 1. The zero-order valence-corrected chi connectivity index (χ0v) is 11.0. The number of benzene rings is 1. The van der Waals surface area contributed by atoms with Crippen molar-refractivity contribution in [3.8, 4) is 0 Å². The van der Waals surface area contributed by atoms with E-state index in [1.807, 2.05) is 0 Å². The van der Waals surface area contributed by atoms with E-state index in [1.165, 1.54) is 18.4 Å². The van der Waals surface area contributed by atoms with Crippen LogP contribution in [-0.4, -0.2) is 35.2 Å². The van der Waals surface area contributed by atoms with Gasteiger partial charge in [0.1, 0.15) is 0 Å². The van der Waals surface area contributed by atoms with Crippen LogP contribution in [0.5, 0.6) is 0 Å². The number of hydrogen-bond donors (Lipinski definition) is 2. The monoisotopic (exact) mass is 248 g/mol. The zero-order valence-electron chi connectivity index (χ0n) is 11.0. The van der Waals surface area contributed by atoms with E-state index in [-0.39, 0.29) is 12.6 Å². The summed E-state index contributed by atoms with van der Waals surface area (Å²) in [5.41, 5.74) is 7.55. The average molecular weight is 248 g/mol. The van der Waals surface area contributed by atoms with Crippen LogP contribution in [0, 0.1) is 0 Å². The van der Waals surface area contributed by atoms with Gasteiger partial charge in [-0.1, -0.05) is 36.8 Å². The number of aliphatic hydroxyl groups is 1. The highest BCUT2D eigenvalue weighted by atomic mass is 16.3. The Morgan fingerprint density at radius 1 is 1.28 bits per heavy atom. The minimum absolute atomic E-state index is 0.0963. The lowest BCUT2D eigenvalue weighted by molar-refractivity contribution is 0.108. The first-order valence-corrected chi connectivity index (χ1v) is 6.95.